The molecule has 0 fully saturated rings. The number of halogens is 1. The molecular formula is C20H19BrN4. The van der Waals surface area contributed by atoms with E-state index in [1.54, 1.807) is 0 Å². The molecule has 0 spiro atoms. The van der Waals surface area contributed by atoms with Crippen LogP contribution in [0.1, 0.15) is 17.5 Å². The summed E-state index contributed by atoms with van der Waals surface area (Å²) in [6.45, 7) is 3.04. The molecule has 0 atom stereocenters. The van der Waals surface area contributed by atoms with Gasteiger partial charge in [0.05, 0.1) is 0 Å². The number of aromatic nitrogens is 2. The lowest BCUT2D eigenvalue weighted by Crippen LogP contribution is -2.25. The summed E-state index contributed by atoms with van der Waals surface area (Å²) in [4.78, 5) is 11.4. The fraction of sp³-hybridized carbons (Fsp3) is 0.200. The number of fused-ring (bicyclic) bond motifs is 1. The van der Waals surface area contributed by atoms with Gasteiger partial charge in [0.1, 0.15) is 5.82 Å². The van der Waals surface area contributed by atoms with E-state index in [9.17, 15) is 0 Å². The van der Waals surface area contributed by atoms with Gasteiger partial charge in [-0.1, -0.05) is 34.1 Å². The van der Waals surface area contributed by atoms with Crippen LogP contribution >= 0.6 is 15.9 Å². The smallest absolute Gasteiger partial charge is 0.229 e. The van der Waals surface area contributed by atoms with Gasteiger partial charge in [0.15, 0.2) is 0 Å². The molecule has 5 heteroatoms. The lowest BCUT2D eigenvalue weighted by atomic mass is 10.0. The standard InChI is InChI=1S/C20H19BrN4/c1-14-13-16(21)8-9-17(14)23-20-22-11-10-19(24-20)25-12-4-6-15-5-2-3-7-18(15)25/h2-3,5,7-11,13H,4,6,12H2,1H3,(H,22,23,24). The van der Waals surface area contributed by atoms with Crippen LogP contribution in [0.15, 0.2) is 59.2 Å². The molecule has 126 valence electrons. The van der Waals surface area contributed by atoms with E-state index in [2.05, 4.69) is 68.4 Å². The molecule has 0 aliphatic carbocycles. The fourth-order valence-electron chi connectivity index (χ4n) is 3.22. The Hall–Kier alpha value is -2.40. The van der Waals surface area contributed by atoms with Gasteiger partial charge in [-0.05, 0) is 61.2 Å². The van der Waals surface area contributed by atoms with Crippen molar-refractivity contribution in [3.8, 4) is 0 Å². The average Bonchev–Trinajstić information content (AvgIpc) is 2.64. The molecule has 0 unspecified atom stereocenters. The van der Waals surface area contributed by atoms with Crippen molar-refractivity contribution < 1.29 is 0 Å². The zero-order valence-electron chi connectivity index (χ0n) is 14.0. The normalized spacial score (nSPS) is 13.4. The molecular weight excluding hydrogens is 376 g/mol. The van der Waals surface area contributed by atoms with Crippen LogP contribution in [0, 0.1) is 6.92 Å². The van der Waals surface area contributed by atoms with E-state index >= 15 is 0 Å². The minimum absolute atomic E-state index is 0.617. The van der Waals surface area contributed by atoms with Crippen LogP contribution in [0.5, 0.6) is 0 Å². The van der Waals surface area contributed by atoms with E-state index in [-0.39, 0.29) is 0 Å². The fourth-order valence-corrected chi connectivity index (χ4v) is 3.69. The highest BCUT2D eigenvalue weighted by molar-refractivity contribution is 9.10. The highest BCUT2D eigenvalue weighted by Crippen LogP contribution is 2.32. The summed E-state index contributed by atoms with van der Waals surface area (Å²) in [5.74, 6) is 1.55. The SMILES string of the molecule is Cc1cc(Br)ccc1Nc1nccc(N2CCCc3ccccc32)n1. The van der Waals surface area contributed by atoms with Gasteiger partial charge in [-0.25, -0.2) is 4.98 Å². The molecule has 4 rings (SSSR count). The van der Waals surface area contributed by atoms with E-state index in [0.29, 0.717) is 5.95 Å². The number of para-hydroxylation sites is 1. The first-order valence-corrected chi connectivity index (χ1v) is 9.22. The second kappa shape index (κ2) is 6.84. The molecule has 0 bridgehead atoms. The third-order valence-electron chi connectivity index (χ3n) is 4.46. The van der Waals surface area contributed by atoms with Gasteiger partial charge >= 0.3 is 0 Å². The number of nitrogens with one attached hydrogen (secondary N) is 1. The number of aryl methyl sites for hydroxylation is 2. The number of hydrogen-bond donors (Lipinski definition) is 1. The summed E-state index contributed by atoms with van der Waals surface area (Å²) in [5, 5.41) is 3.33. The number of anilines is 4. The van der Waals surface area contributed by atoms with Crippen molar-refractivity contribution in [3.05, 3.63) is 70.3 Å². The molecule has 1 aliphatic rings. The number of hydrogen-bond acceptors (Lipinski definition) is 4. The number of nitrogens with zero attached hydrogens (tertiary/aromatic N) is 3. The topological polar surface area (TPSA) is 41.1 Å². The quantitative estimate of drug-likeness (QED) is 0.647. The first-order valence-electron chi connectivity index (χ1n) is 8.42. The summed E-state index contributed by atoms with van der Waals surface area (Å²) >= 11 is 3.50. The molecule has 2 heterocycles. The Bertz CT molecular complexity index is 910. The molecule has 4 nitrogen and oxygen atoms in total. The van der Waals surface area contributed by atoms with Crippen LogP contribution in [-0.4, -0.2) is 16.5 Å². The van der Waals surface area contributed by atoms with Crippen molar-refractivity contribution in [2.75, 3.05) is 16.8 Å². The maximum absolute atomic E-state index is 4.75. The number of benzene rings is 2. The second-order valence-electron chi connectivity index (χ2n) is 6.21. The molecule has 3 aromatic rings. The number of rotatable bonds is 3. The van der Waals surface area contributed by atoms with Crippen molar-refractivity contribution in [2.24, 2.45) is 0 Å². The van der Waals surface area contributed by atoms with Crippen molar-refractivity contribution in [1.29, 1.82) is 0 Å². The maximum atomic E-state index is 4.75. The summed E-state index contributed by atoms with van der Waals surface area (Å²) in [6, 6.07) is 16.7. The van der Waals surface area contributed by atoms with Gasteiger partial charge in [0.2, 0.25) is 5.95 Å². The monoisotopic (exact) mass is 394 g/mol. The molecule has 25 heavy (non-hydrogen) atoms. The minimum Gasteiger partial charge on any atom is -0.326 e. The highest BCUT2D eigenvalue weighted by atomic mass is 79.9. The van der Waals surface area contributed by atoms with Gasteiger partial charge in [0.25, 0.3) is 0 Å². The molecule has 0 amide bonds. The highest BCUT2D eigenvalue weighted by Gasteiger charge is 2.19. The summed E-state index contributed by atoms with van der Waals surface area (Å²) in [5.41, 5.74) is 4.79. The Morgan fingerprint density at radius 3 is 2.88 bits per heavy atom. The van der Waals surface area contributed by atoms with E-state index in [4.69, 9.17) is 4.98 Å². The van der Waals surface area contributed by atoms with Crippen molar-refractivity contribution in [3.63, 3.8) is 0 Å². The van der Waals surface area contributed by atoms with Gasteiger partial charge in [-0.3, -0.25) is 0 Å². The molecule has 1 aromatic heterocycles. The second-order valence-corrected chi connectivity index (χ2v) is 7.12. The predicted molar refractivity (Wildman–Crippen MR) is 106 cm³/mol. The molecule has 0 saturated carbocycles. The summed E-state index contributed by atoms with van der Waals surface area (Å²) in [7, 11) is 0. The first-order chi connectivity index (χ1) is 12.2. The predicted octanol–water partition coefficient (Wildman–Crippen LogP) is 5.38. The molecule has 2 aromatic carbocycles. The first kappa shape index (κ1) is 16.1. The zero-order valence-corrected chi connectivity index (χ0v) is 15.6. The maximum Gasteiger partial charge on any atom is 0.229 e. The van der Waals surface area contributed by atoms with Crippen LogP contribution in [0.4, 0.5) is 23.1 Å². The lowest BCUT2D eigenvalue weighted by molar-refractivity contribution is 0.759. The Balaban J connectivity index is 1.64. The Labute approximate surface area is 156 Å². The zero-order chi connectivity index (χ0) is 17.2. The summed E-state index contributed by atoms with van der Waals surface area (Å²) in [6.07, 6.45) is 4.08. The Morgan fingerprint density at radius 1 is 1.12 bits per heavy atom. The molecule has 1 aliphatic heterocycles. The summed E-state index contributed by atoms with van der Waals surface area (Å²) < 4.78 is 1.06. The van der Waals surface area contributed by atoms with Crippen LogP contribution in [0.2, 0.25) is 0 Å². The van der Waals surface area contributed by atoms with Gasteiger partial charge in [0, 0.05) is 28.6 Å². The minimum atomic E-state index is 0.617. The molecule has 0 radical (unpaired) electrons. The van der Waals surface area contributed by atoms with Crippen LogP contribution < -0.4 is 10.2 Å². The average molecular weight is 395 g/mol. The van der Waals surface area contributed by atoms with Gasteiger partial charge in [-0.2, -0.15) is 4.98 Å². The van der Waals surface area contributed by atoms with Crippen LogP contribution in [0.25, 0.3) is 0 Å². The lowest BCUT2D eigenvalue weighted by Gasteiger charge is -2.30. The largest absolute Gasteiger partial charge is 0.326 e. The van der Waals surface area contributed by atoms with Crippen molar-refractivity contribution >= 4 is 39.1 Å². The van der Waals surface area contributed by atoms with Gasteiger partial charge < -0.3 is 10.2 Å². The molecule has 1 N–H and O–H groups in total. The van der Waals surface area contributed by atoms with E-state index in [1.165, 1.54) is 11.3 Å². The third-order valence-corrected chi connectivity index (χ3v) is 4.96. The van der Waals surface area contributed by atoms with Gasteiger partial charge in [-0.15, -0.1) is 0 Å². The molecule has 0 saturated heterocycles. The Kier molecular flexibility index (Phi) is 4.40. The van der Waals surface area contributed by atoms with E-state index < -0.39 is 0 Å². The van der Waals surface area contributed by atoms with E-state index in [0.717, 1.165) is 40.9 Å². The van der Waals surface area contributed by atoms with Crippen molar-refractivity contribution in [1.82, 2.24) is 9.97 Å². The van der Waals surface area contributed by atoms with Crippen molar-refractivity contribution in [2.45, 2.75) is 19.8 Å². The Morgan fingerprint density at radius 2 is 2.00 bits per heavy atom. The van der Waals surface area contributed by atoms with Crippen LogP contribution in [0.3, 0.4) is 0 Å². The third kappa shape index (κ3) is 3.37. The van der Waals surface area contributed by atoms with E-state index in [1.807, 2.05) is 24.4 Å². The van der Waals surface area contributed by atoms with Crippen LogP contribution in [-0.2, 0) is 6.42 Å².